The summed E-state index contributed by atoms with van der Waals surface area (Å²) < 4.78 is 4.26. The standard InChI is InChI=1S/C6H11NO3/c1-4(2)6(9)10-5(8)3-7/h4H,3,7H2,1-2H3. The zero-order valence-corrected chi connectivity index (χ0v) is 6.09. The Morgan fingerprint density at radius 2 is 2.00 bits per heavy atom. The van der Waals surface area contributed by atoms with Crippen LogP contribution in [0.3, 0.4) is 0 Å². The van der Waals surface area contributed by atoms with Crippen molar-refractivity contribution < 1.29 is 14.3 Å². The summed E-state index contributed by atoms with van der Waals surface area (Å²) in [6, 6.07) is 0. The number of esters is 2. The summed E-state index contributed by atoms with van der Waals surface area (Å²) >= 11 is 0. The van der Waals surface area contributed by atoms with E-state index in [9.17, 15) is 9.59 Å². The van der Waals surface area contributed by atoms with E-state index < -0.39 is 11.9 Å². The highest BCUT2D eigenvalue weighted by atomic mass is 16.6. The van der Waals surface area contributed by atoms with Crippen LogP contribution < -0.4 is 5.73 Å². The van der Waals surface area contributed by atoms with Gasteiger partial charge in [-0.3, -0.25) is 9.59 Å². The minimum Gasteiger partial charge on any atom is -0.392 e. The van der Waals surface area contributed by atoms with Gasteiger partial charge in [0.15, 0.2) is 0 Å². The monoisotopic (exact) mass is 145 g/mol. The summed E-state index contributed by atoms with van der Waals surface area (Å²) in [5.74, 6) is -1.50. The van der Waals surface area contributed by atoms with E-state index in [1.807, 2.05) is 0 Å². The predicted molar refractivity (Wildman–Crippen MR) is 35.0 cm³/mol. The first-order valence-electron chi connectivity index (χ1n) is 3.02. The Bertz CT molecular complexity index is 142. The maximum atomic E-state index is 10.6. The maximum Gasteiger partial charge on any atom is 0.327 e. The van der Waals surface area contributed by atoms with Crippen LogP contribution in [-0.2, 0) is 14.3 Å². The third-order valence-corrected chi connectivity index (χ3v) is 0.852. The summed E-state index contributed by atoms with van der Waals surface area (Å²) in [6.45, 7) is 3.04. The molecule has 0 saturated heterocycles. The Labute approximate surface area is 59.3 Å². The molecule has 0 atom stereocenters. The van der Waals surface area contributed by atoms with E-state index in [1.165, 1.54) is 0 Å². The molecule has 10 heavy (non-hydrogen) atoms. The van der Waals surface area contributed by atoms with Gasteiger partial charge in [0.05, 0.1) is 12.5 Å². The molecule has 0 aliphatic heterocycles. The summed E-state index contributed by atoms with van der Waals surface area (Å²) in [5.41, 5.74) is 4.89. The molecule has 0 saturated carbocycles. The number of carbonyl (C=O) groups is 2. The lowest BCUT2D eigenvalue weighted by atomic mass is 10.2. The second-order valence-electron chi connectivity index (χ2n) is 2.15. The molecule has 0 aromatic rings. The first-order valence-corrected chi connectivity index (χ1v) is 3.02. The van der Waals surface area contributed by atoms with E-state index in [1.54, 1.807) is 13.8 Å². The zero-order chi connectivity index (χ0) is 8.15. The van der Waals surface area contributed by atoms with Crippen molar-refractivity contribution in [3.8, 4) is 0 Å². The molecule has 0 radical (unpaired) electrons. The number of nitrogens with two attached hydrogens (primary N) is 1. The van der Waals surface area contributed by atoms with Crippen LogP contribution in [0.4, 0.5) is 0 Å². The second kappa shape index (κ2) is 4.00. The van der Waals surface area contributed by atoms with Crippen LogP contribution in [-0.4, -0.2) is 18.5 Å². The molecule has 0 unspecified atom stereocenters. The van der Waals surface area contributed by atoms with Crippen LogP contribution in [0.2, 0.25) is 0 Å². The molecule has 0 aromatic carbocycles. The van der Waals surface area contributed by atoms with E-state index in [0.29, 0.717) is 0 Å². The topological polar surface area (TPSA) is 69.4 Å². The molecule has 58 valence electrons. The average Bonchev–Trinajstić information content (AvgIpc) is 1.87. The third-order valence-electron chi connectivity index (χ3n) is 0.852. The van der Waals surface area contributed by atoms with Gasteiger partial charge in [-0.1, -0.05) is 13.8 Å². The van der Waals surface area contributed by atoms with E-state index in [0.717, 1.165) is 0 Å². The molecular weight excluding hydrogens is 134 g/mol. The van der Waals surface area contributed by atoms with Crippen molar-refractivity contribution in [3.05, 3.63) is 0 Å². The van der Waals surface area contributed by atoms with Crippen LogP contribution in [0.5, 0.6) is 0 Å². The van der Waals surface area contributed by atoms with Gasteiger partial charge >= 0.3 is 11.9 Å². The van der Waals surface area contributed by atoms with E-state index in [4.69, 9.17) is 5.73 Å². The molecule has 2 N–H and O–H groups in total. The van der Waals surface area contributed by atoms with Crippen molar-refractivity contribution in [2.75, 3.05) is 6.54 Å². The predicted octanol–water partition coefficient (Wildman–Crippen LogP) is -0.329. The van der Waals surface area contributed by atoms with Crippen LogP contribution in [0.25, 0.3) is 0 Å². The first kappa shape index (κ1) is 9.10. The van der Waals surface area contributed by atoms with Crippen LogP contribution >= 0.6 is 0 Å². The maximum absolute atomic E-state index is 10.6. The summed E-state index contributed by atoms with van der Waals surface area (Å²) in [6.07, 6.45) is 0. The van der Waals surface area contributed by atoms with Crippen molar-refractivity contribution in [2.45, 2.75) is 13.8 Å². The van der Waals surface area contributed by atoms with Crippen molar-refractivity contribution >= 4 is 11.9 Å². The van der Waals surface area contributed by atoms with Gasteiger partial charge in [-0.15, -0.1) is 0 Å². The molecule has 0 aliphatic rings. The molecule has 0 spiro atoms. The molecule has 0 heterocycles. The van der Waals surface area contributed by atoms with Gasteiger partial charge in [-0.05, 0) is 0 Å². The minimum absolute atomic E-state index is 0.252. The Balaban J connectivity index is 3.69. The van der Waals surface area contributed by atoms with Crippen molar-refractivity contribution in [3.63, 3.8) is 0 Å². The average molecular weight is 145 g/mol. The first-order chi connectivity index (χ1) is 4.57. The lowest BCUT2D eigenvalue weighted by Gasteiger charge is -2.02. The van der Waals surface area contributed by atoms with Gasteiger partial charge in [-0.25, -0.2) is 0 Å². The number of hydrogen-bond donors (Lipinski definition) is 1. The fourth-order valence-electron chi connectivity index (χ4n) is 0.272. The minimum atomic E-state index is -0.682. The lowest BCUT2D eigenvalue weighted by molar-refractivity contribution is -0.160. The molecule has 0 aromatic heterocycles. The quantitative estimate of drug-likeness (QED) is 0.426. The SMILES string of the molecule is CC(C)C(=O)OC(=O)CN. The molecule has 0 amide bonds. The normalized spacial score (nSPS) is 9.60. The van der Waals surface area contributed by atoms with Gasteiger partial charge in [-0.2, -0.15) is 0 Å². The van der Waals surface area contributed by atoms with Crippen LogP contribution in [0.15, 0.2) is 0 Å². The smallest absolute Gasteiger partial charge is 0.327 e. The summed E-state index contributed by atoms with van der Waals surface area (Å²) in [4.78, 5) is 21.0. The number of rotatable bonds is 2. The zero-order valence-electron chi connectivity index (χ0n) is 6.09. The lowest BCUT2D eigenvalue weighted by Crippen LogP contribution is -2.23. The van der Waals surface area contributed by atoms with Crippen molar-refractivity contribution in [2.24, 2.45) is 11.7 Å². The molecule has 0 fully saturated rings. The van der Waals surface area contributed by atoms with Crippen LogP contribution in [0.1, 0.15) is 13.8 Å². The largest absolute Gasteiger partial charge is 0.392 e. The number of hydrogen-bond acceptors (Lipinski definition) is 4. The Morgan fingerprint density at radius 3 is 2.30 bits per heavy atom. The highest BCUT2D eigenvalue weighted by molar-refractivity contribution is 5.87. The fourth-order valence-corrected chi connectivity index (χ4v) is 0.272. The van der Waals surface area contributed by atoms with Gasteiger partial charge in [0.2, 0.25) is 0 Å². The van der Waals surface area contributed by atoms with E-state index in [-0.39, 0.29) is 12.5 Å². The van der Waals surface area contributed by atoms with Crippen LogP contribution in [0, 0.1) is 5.92 Å². The van der Waals surface area contributed by atoms with Gasteiger partial charge in [0, 0.05) is 0 Å². The van der Waals surface area contributed by atoms with E-state index >= 15 is 0 Å². The molecule has 0 rings (SSSR count). The fraction of sp³-hybridized carbons (Fsp3) is 0.667. The molecule has 0 bridgehead atoms. The highest BCUT2D eigenvalue weighted by Crippen LogP contribution is 1.94. The molecule has 4 heteroatoms. The molecular formula is C6H11NO3. The summed E-state index contributed by atoms with van der Waals surface area (Å²) in [7, 11) is 0. The summed E-state index contributed by atoms with van der Waals surface area (Å²) in [5, 5.41) is 0. The number of carbonyl (C=O) groups excluding carboxylic acids is 2. The van der Waals surface area contributed by atoms with E-state index in [2.05, 4.69) is 4.74 Å². The third kappa shape index (κ3) is 3.19. The van der Waals surface area contributed by atoms with Gasteiger partial charge in [0.1, 0.15) is 0 Å². The Morgan fingerprint density at radius 1 is 1.50 bits per heavy atom. The highest BCUT2D eigenvalue weighted by Gasteiger charge is 2.11. The van der Waals surface area contributed by atoms with Crippen molar-refractivity contribution in [1.29, 1.82) is 0 Å². The Hall–Kier alpha value is -0.900. The molecule has 4 nitrogen and oxygen atoms in total. The van der Waals surface area contributed by atoms with Gasteiger partial charge in [0.25, 0.3) is 0 Å². The number of ether oxygens (including phenoxy) is 1. The molecule has 0 aliphatic carbocycles. The second-order valence-corrected chi connectivity index (χ2v) is 2.15. The van der Waals surface area contributed by atoms with Crippen molar-refractivity contribution in [1.82, 2.24) is 0 Å². The van der Waals surface area contributed by atoms with Gasteiger partial charge < -0.3 is 10.5 Å². The Kier molecular flexibility index (Phi) is 3.64.